The summed E-state index contributed by atoms with van der Waals surface area (Å²) in [6.45, 7) is -0.0624. The van der Waals surface area contributed by atoms with Gasteiger partial charge >= 0.3 is 31.9 Å². The van der Waals surface area contributed by atoms with E-state index in [1.165, 1.54) is 31.2 Å². The van der Waals surface area contributed by atoms with Gasteiger partial charge < -0.3 is 32.9 Å². The standard InChI is InChI=1S/C36H40F2NO12P/c1-25(32(40)47-28-18-10-4-11-19-28)39-52(43,50-29-20-12-5-13-21-29)51-33-36(37,38)31(49-35(42)45-23-27-16-8-3-9-17-27)30(48-33)24-46-34(41)44-22-26-14-6-2-7-15-26/h2-3,5-9,12-17,20-21,25,28,30-31,33H,4,10-11,18-19,22-24H2,1H3,(H,39,43)/t25-,30+,31+,33?,52?/m0/s1. The molecule has 2 unspecified atom stereocenters. The maximum Gasteiger partial charge on any atom is 0.509 e. The number of carbonyl (C=O) groups is 3. The van der Waals surface area contributed by atoms with Gasteiger partial charge in [-0.1, -0.05) is 85.3 Å². The third-order valence-electron chi connectivity index (χ3n) is 8.06. The fraction of sp³-hybridized carbons (Fsp3) is 0.417. The summed E-state index contributed by atoms with van der Waals surface area (Å²) in [6, 6.07) is 23.2. The quantitative estimate of drug-likeness (QED) is 0.0929. The molecule has 2 fully saturated rings. The monoisotopic (exact) mass is 747 g/mol. The zero-order chi connectivity index (χ0) is 37.0. The Morgan fingerprint density at radius 1 is 0.808 bits per heavy atom. The number of hydrogen-bond acceptors (Lipinski definition) is 12. The minimum atomic E-state index is -4.92. The third kappa shape index (κ3) is 11.2. The largest absolute Gasteiger partial charge is 0.509 e. The summed E-state index contributed by atoms with van der Waals surface area (Å²) in [5.41, 5.74) is 1.19. The van der Waals surface area contributed by atoms with Gasteiger partial charge in [0.05, 0.1) is 0 Å². The molecule has 1 saturated heterocycles. The lowest BCUT2D eigenvalue weighted by atomic mass is 9.98. The van der Waals surface area contributed by atoms with Crippen molar-refractivity contribution in [1.82, 2.24) is 5.09 Å². The van der Waals surface area contributed by atoms with Crippen molar-refractivity contribution in [2.45, 2.75) is 88.8 Å². The van der Waals surface area contributed by atoms with Crippen LogP contribution in [0.3, 0.4) is 0 Å². The zero-order valence-corrected chi connectivity index (χ0v) is 29.2. The Morgan fingerprint density at radius 2 is 1.37 bits per heavy atom. The minimum Gasteiger partial charge on any atom is -0.461 e. The average molecular weight is 748 g/mol. The molecule has 5 rings (SSSR count). The lowest BCUT2D eigenvalue weighted by Crippen LogP contribution is -2.45. The first-order valence-electron chi connectivity index (χ1n) is 16.8. The Labute approximate surface area is 299 Å². The maximum atomic E-state index is 16.2. The van der Waals surface area contributed by atoms with Gasteiger partial charge in [-0.2, -0.15) is 13.9 Å². The lowest BCUT2D eigenvalue weighted by Gasteiger charge is -2.28. The van der Waals surface area contributed by atoms with E-state index in [2.05, 4.69) is 5.09 Å². The smallest absolute Gasteiger partial charge is 0.461 e. The van der Waals surface area contributed by atoms with Gasteiger partial charge in [0.2, 0.25) is 12.4 Å². The second-order valence-electron chi connectivity index (χ2n) is 12.1. The molecule has 52 heavy (non-hydrogen) atoms. The summed E-state index contributed by atoms with van der Waals surface area (Å²) in [7, 11) is -4.92. The van der Waals surface area contributed by atoms with Crippen LogP contribution >= 0.6 is 7.75 Å². The number of benzene rings is 3. The molecule has 1 aliphatic carbocycles. The van der Waals surface area contributed by atoms with Crippen molar-refractivity contribution < 1.29 is 65.2 Å². The van der Waals surface area contributed by atoms with Crippen LogP contribution in [0.5, 0.6) is 5.75 Å². The highest BCUT2D eigenvalue weighted by Crippen LogP contribution is 2.51. The van der Waals surface area contributed by atoms with E-state index in [4.69, 9.17) is 37.5 Å². The summed E-state index contributed by atoms with van der Waals surface area (Å²) in [5.74, 6) is -5.09. The van der Waals surface area contributed by atoms with Crippen molar-refractivity contribution in [2.24, 2.45) is 0 Å². The number of halogens is 2. The van der Waals surface area contributed by atoms with E-state index in [1.807, 2.05) is 0 Å². The van der Waals surface area contributed by atoms with Gasteiger partial charge in [-0.15, -0.1) is 0 Å². The molecule has 3 aromatic rings. The lowest BCUT2D eigenvalue weighted by molar-refractivity contribution is -0.190. The van der Waals surface area contributed by atoms with Crippen molar-refractivity contribution in [3.63, 3.8) is 0 Å². The second-order valence-corrected chi connectivity index (χ2v) is 13.8. The number of rotatable bonds is 15. The molecule has 1 saturated carbocycles. The molecule has 0 amide bonds. The number of nitrogens with one attached hydrogen (secondary N) is 1. The highest BCUT2D eigenvalue weighted by Gasteiger charge is 2.65. The topological polar surface area (TPSA) is 154 Å². The molecule has 1 N–H and O–H groups in total. The van der Waals surface area contributed by atoms with Crippen LogP contribution < -0.4 is 9.61 Å². The number of hydrogen-bond donors (Lipinski definition) is 1. The molecule has 1 aliphatic heterocycles. The third-order valence-corrected chi connectivity index (χ3v) is 9.68. The fourth-order valence-electron chi connectivity index (χ4n) is 5.41. The van der Waals surface area contributed by atoms with Crippen LogP contribution in [0.25, 0.3) is 0 Å². The molecule has 13 nitrogen and oxygen atoms in total. The van der Waals surface area contributed by atoms with Gasteiger partial charge in [-0.05, 0) is 55.9 Å². The molecule has 1 heterocycles. The van der Waals surface area contributed by atoms with Crippen molar-refractivity contribution >= 4 is 26.0 Å². The molecule has 0 bridgehead atoms. The Kier molecular flexibility index (Phi) is 13.6. The summed E-state index contributed by atoms with van der Waals surface area (Å²) in [5, 5.41) is 2.37. The zero-order valence-electron chi connectivity index (χ0n) is 28.3. The van der Waals surface area contributed by atoms with E-state index in [9.17, 15) is 18.9 Å². The van der Waals surface area contributed by atoms with E-state index in [0.29, 0.717) is 24.0 Å². The molecule has 280 valence electrons. The van der Waals surface area contributed by atoms with Gasteiger partial charge in [0, 0.05) is 0 Å². The summed E-state index contributed by atoms with van der Waals surface area (Å²) in [6.07, 6.45) is -6.01. The molecule has 16 heteroatoms. The molecule has 0 spiro atoms. The van der Waals surface area contributed by atoms with E-state index in [0.717, 1.165) is 19.3 Å². The van der Waals surface area contributed by atoms with Crippen molar-refractivity contribution in [2.75, 3.05) is 6.61 Å². The second kappa shape index (κ2) is 18.3. The van der Waals surface area contributed by atoms with Gasteiger partial charge in [-0.3, -0.25) is 9.32 Å². The van der Waals surface area contributed by atoms with Crippen molar-refractivity contribution in [3.8, 4) is 5.75 Å². The highest BCUT2D eigenvalue weighted by atomic mass is 31.2. The van der Waals surface area contributed by atoms with E-state index < -0.39 is 63.1 Å². The van der Waals surface area contributed by atoms with Gasteiger partial charge in [0.1, 0.15) is 43.8 Å². The van der Waals surface area contributed by atoms with Crippen LogP contribution in [0.15, 0.2) is 91.0 Å². The predicted octanol–water partition coefficient (Wildman–Crippen LogP) is 7.48. The molecule has 5 atom stereocenters. The summed E-state index contributed by atoms with van der Waals surface area (Å²) >= 11 is 0. The Balaban J connectivity index is 1.31. The SMILES string of the molecule is C[C@H](NP(=O)(Oc1ccccc1)OC1O[C@H](COC(=O)OCc2ccccc2)[C@@H](OC(=O)OCc2ccccc2)C1(F)F)C(=O)OC1CCCCC1. The van der Waals surface area contributed by atoms with E-state index in [1.54, 1.807) is 66.7 Å². The first-order valence-corrected chi connectivity index (χ1v) is 18.3. The Bertz CT molecular complexity index is 1650. The first kappa shape index (κ1) is 38.7. The molecular formula is C36H40F2NO12P. The van der Waals surface area contributed by atoms with Crippen LogP contribution in [0.1, 0.15) is 50.2 Å². The maximum absolute atomic E-state index is 16.2. The molecule has 2 aliphatic rings. The minimum absolute atomic E-state index is 0.0502. The van der Waals surface area contributed by atoms with Crippen LogP contribution in [0.2, 0.25) is 0 Å². The number of ether oxygens (including phenoxy) is 6. The first-order chi connectivity index (χ1) is 25.0. The normalized spacial score (nSPS) is 21.6. The number of para-hydroxylation sites is 1. The molecule has 0 aromatic heterocycles. The Hall–Kier alpha value is -4.56. The molecule has 3 aromatic carbocycles. The number of alkyl halides is 2. The van der Waals surface area contributed by atoms with Gasteiger partial charge in [-0.25, -0.2) is 14.2 Å². The van der Waals surface area contributed by atoms with E-state index >= 15 is 8.78 Å². The Morgan fingerprint density at radius 3 is 1.96 bits per heavy atom. The van der Waals surface area contributed by atoms with Crippen LogP contribution in [-0.2, 0) is 55.5 Å². The fourth-order valence-corrected chi connectivity index (χ4v) is 6.98. The van der Waals surface area contributed by atoms with Crippen molar-refractivity contribution in [3.05, 3.63) is 102 Å². The number of carbonyl (C=O) groups excluding carboxylic acids is 3. The predicted molar refractivity (Wildman–Crippen MR) is 179 cm³/mol. The van der Waals surface area contributed by atoms with Crippen LogP contribution in [0, 0.1) is 0 Å². The number of esters is 1. The summed E-state index contributed by atoms with van der Waals surface area (Å²) < 4.78 is 88.5. The average Bonchev–Trinajstić information content (AvgIpc) is 3.37. The molecule has 0 radical (unpaired) electrons. The molecular weight excluding hydrogens is 707 g/mol. The van der Waals surface area contributed by atoms with Gasteiger partial charge in [0.25, 0.3) is 0 Å². The van der Waals surface area contributed by atoms with E-state index in [-0.39, 0.29) is 25.1 Å². The van der Waals surface area contributed by atoms with Crippen LogP contribution in [0.4, 0.5) is 18.4 Å². The van der Waals surface area contributed by atoms with Crippen molar-refractivity contribution in [1.29, 1.82) is 0 Å². The summed E-state index contributed by atoms with van der Waals surface area (Å²) in [4.78, 5) is 38.0. The van der Waals surface area contributed by atoms with Gasteiger partial charge in [0.15, 0.2) is 0 Å². The highest BCUT2D eigenvalue weighted by molar-refractivity contribution is 7.52. The van der Waals surface area contributed by atoms with Crippen LogP contribution in [-0.4, -0.2) is 61.5 Å².